The molecule has 5 heterocycles. The van der Waals surface area contributed by atoms with E-state index in [1.807, 2.05) is 24.9 Å². The topological polar surface area (TPSA) is 121 Å². The lowest BCUT2D eigenvalue weighted by atomic mass is 9.69. The molecule has 242 valence electrons. The van der Waals surface area contributed by atoms with Gasteiger partial charge < -0.3 is 24.8 Å². The van der Waals surface area contributed by atoms with E-state index in [0.29, 0.717) is 47.0 Å². The van der Waals surface area contributed by atoms with Crippen LogP contribution in [0.5, 0.6) is 5.88 Å². The van der Waals surface area contributed by atoms with Crippen molar-refractivity contribution in [2.45, 2.75) is 95.5 Å². The molecule has 0 aromatic carbocycles. The summed E-state index contributed by atoms with van der Waals surface area (Å²) < 4.78 is 27.0. The Balaban J connectivity index is 1.43. The summed E-state index contributed by atoms with van der Waals surface area (Å²) in [5.74, 6) is 2.44. The molecule has 0 bridgehead atoms. The monoisotopic (exact) mass is 636 g/mol. The van der Waals surface area contributed by atoms with Crippen molar-refractivity contribution < 1.29 is 13.7 Å². The van der Waals surface area contributed by atoms with Crippen LogP contribution in [0.25, 0.3) is 11.5 Å². The minimum atomic E-state index is -0.859. The number of ether oxygens (including phenoxy) is 1. The Kier molecular flexibility index (Phi) is 8.80. The van der Waals surface area contributed by atoms with Crippen molar-refractivity contribution in [3.05, 3.63) is 33.4 Å². The number of aromatic nitrogens is 3. The average Bonchev–Trinajstić information content (AvgIpc) is 3.78. The van der Waals surface area contributed by atoms with E-state index in [2.05, 4.69) is 49.0 Å². The van der Waals surface area contributed by atoms with Crippen molar-refractivity contribution in [3.8, 4) is 23.5 Å². The van der Waals surface area contributed by atoms with E-state index in [-0.39, 0.29) is 12.1 Å². The Morgan fingerprint density at radius 2 is 2.13 bits per heavy atom. The molecule has 2 N–H and O–H groups in total. The van der Waals surface area contributed by atoms with Gasteiger partial charge in [-0.05, 0) is 79.1 Å². The molecule has 2 aliphatic heterocycles. The third-order valence-corrected chi connectivity index (χ3v) is 11.1. The van der Waals surface area contributed by atoms with Crippen molar-refractivity contribution in [2.75, 3.05) is 51.4 Å². The summed E-state index contributed by atoms with van der Waals surface area (Å²) >= 11 is 1.51. The number of nitrogens with zero attached hydrogens (tertiary/aromatic N) is 7. The second-order valence-corrected chi connectivity index (χ2v) is 14.6. The summed E-state index contributed by atoms with van der Waals surface area (Å²) in [6.45, 7) is 8.38. The van der Waals surface area contributed by atoms with E-state index in [1.165, 1.54) is 11.3 Å². The average molecular weight is 637 g/mol. The van der Waals surface area contributed by atoms with Crippen LogP contribution in [-0.4, -0.2) is 90.1 Å². The van der Waals surface area contributed by atoms with Crippen molar-refractivity contribution in [2.24, 2.45) is 0 Å². The zero-order valence-corrected chi connectivity index (χ0v) is 28.1. The Labute approximate surface area is 269 Å². The number of halogens is 1. The van der Waals surface area contributed by atoms with Gasteiger partial charge >= 0.3 is 0 Å². The molecule has 45 heavy (non-hydrogen) atoms. The SMILES string of the molecule is CCCc1c(-c2nc(O[C@@H](C)[C@@H]3C[C@@H](F)CN3C)cc(N3CC[C@H](N(C)C)C3)n2)noc1[C@@]1(C)CCCc2sc(N)c(C#N)c21. The molecule has 3 aromatic rings. The first-order valence-electron chi connectivity index (χ1n) is 16.2. The van der Waals surface area contributed by atoms with Gasteiger partial charge in [0.1, 0.15) is 29.2 Å². The molecule has 2 fully saturated rings. The number of nitriles is 1. The molecule has 0 saturated carbocycles. The molecule has 0 radical (unpaired) electrons. The van der Waals surface area contributed by atoms with Gasteiger partial charge in [-0.25, -0.2) is 9.37 Å². The maximum absolute atomic E-state index is 14.2. The Morgan fingerprint density at radius 1 is 1.33 bits per heavy atom. The van der Waals surface area contributed by atoms with Crippen molar-refractivity contribution in [1.29, 1.82) is 5.26 Å². The molecule has 12 heteroatoms. The standard InChI is InChI=1S/C33H45FN8O2S/c1-7-9-22-29(39-44-30(22)33(3)12-8-10-25-28(33)23(16-35)31(36)45-25)32-37-26(42-13-11-21(18-42)40(4)5)15-27(38-32)43-19(2)24-14-20(34)17-41(24)6/h15,19-21,24H,7-14,17-18,36H2,1-6H3/t19-,20+,21-,24-,33-/m0/s1. The third-order valence-electron chi connectivity index (χ3n) is 10.1. The first kappa shape index (κ1) is 31.7. The number of hydrogen-bond acceptors (Lipinski definition) is 11. The van der Waals surface area contributed by atoms with Gasteiger partial charge in [-0.15, -0.1) is 11.3 Å². The number of anilines is 2. The second kappa shape index (κ2) is 12.5. The highest BCUT2D eigenvalue weighted by molar-refractivity contribution is 7.16. The van der Waals surface area contributed by atoms with E-state index in [9.17, 15) is 9.65 Å². The second-order valence-electron chi connectivity index (χ2n) is 13.4. The molecular weight excluding hydrogens is 591 g/mol. The van der Waals surface area contributed by atoms with Crippen LogP contribution < -0.4 is 15.4 Å². The molecular formula is C33H45FN8O2S. The normalized spacial score (nSPS) is 25.9. The van der Waals surface area contributed by atoms with Gasteiger partial charge in [0, 0.05) is 48.2 Å². The van der Waals surface area contributed by atoms with Crippen molar-refractivity contribution in [1.82, 2.24) is 24.9 Å². The van der Waals surface area contributed by atoms with Gasteiger partial charge in [0.15, 0.2) is 17.3 Å². The van der Waals surface area contributed by atoms with E-state index in [1.54, 1.807) is 0 Å². The smallest absolute Gasteiger partial charge is 0.219 e. The number of likely N-dealkylation sites (N-methyl/N-ethyl adjacent to an activating group) is 2. The molecule has 0 spiro atoms. The number of fused-ring (bicyclic) bond motifs is 1. The molecule has 5 atom stereocenters. The molecule has 10 nitrogen and oxygen atoms in total. The van der Waals surface area contributed by atoms with E-state index >= 15 is 0 Å². The van der Waals surface area contributed by atoms with Crippen LogP contribution in [0.3, 0.4) is 0 Å². The summed E-state index contributed by atoms with van der Waals surface area (Å²) in [5.41, 5.74) is 8.88. The van der Waals surface area contributed by atoms with E-state index < -0.39 is 11.6 Å². The van der Waals surface area contributed by atoms with Crippen LogP contribution >= 0.6 is 11.3 Å². The minimum Gasteiger partial charge on any atom is -0.473 e. The van der Waals surface area contributed by atoms with E-state index in [4.69, 9.17) is 25.0 Å². The summed E-state index contributed by atoms with van der Waals surface area (Å²) in [4.78, 5) is 17.7. The predicted octanol–water partition coefficient (Wildman–Crippen LogP) is 5.19. The summed E-state index contributed by atoms with van der Waals surface area (Å²) in [6.07, 6.45) is 4.63. The number of hydrogen-bond donors (Lipinski definition) is 1. The fourth-order valence-corrected chi connectivity index (χ4v) is 8.81. The van der Waals surface area contributed by atoms with Crippen LogP contribution in [0.4, 0.5) is 15.2 Å². The predicted molar refractivity (Wildman–Crippen MR) is 175 cm³/mol. The summed E-state index contributed by atoms with van der Waals surface area (Å²) in [7, 11) is 6.16. The van der Waals surface area contributed by atoms with Gasteiger partial charge in [0.2, 0.25) is 5.88 Å². The molecule has 0 unspecified atom stereocenters. The fraction of sp³-hybridized carbons (Fsp3) is 0.636. The lowest BCUT2D eigenvalue weighted by Crippen LogP contribution is -2.38. The maximum atomic E-state index is 14.2. The van der Waals surface area contributed by atoms with Crippen LogP contribution in [0.15, 0.2) is 10.6 Å². The summed E-state index contributed by atoms with van der Waals surface area (Å²) in [6, 6.07) is 4.65. The number of likely N-dealkylation sites (tertiary alicyclic amines) is 1. The molecule has 2 saturated heterocycles. The van der Waals surface area contributed by atoms with Gasteiger partial charge in [-0.1, -0.05) is 18.5 Å². The summed E-state index contributed by atoms with van der Waals surface area (Å²) in [5, 5.41) is 15.3. The minimum absolute atomic E-state index is 0.0473. The highest BCUT2D eigenvalue weighted by Crippen LogP contribution is 2.50. The number of alkyl halides is 1. The molecule has 3 aliphatic rings. The Bertz CT molecular complexity index is 1580. The number of thiophene rings is 1. The first-order chi connectivity index (χ1) is 21.5. The number of nitrogen functional groups attached to an aromatic ring is 1. The highest BCUT2D eigenvalue weighted by Gasteiger charge is 2.44. The zero-order valence-electron chi connectivity index (χ0n) is 27.3. The van der Waals surface area contributed by atoms with Gasteiger partial charge in [-0.2, -0.15) is 10.2 Å². The Morgan fingerprint density at radius 3 is 2.80 bits per heavy atom. The Hall–Kier alpha value is -3.27. The molecule has 1 aliphatic carbocycles. The van der Waals surface area contributed by atoms with Crippen LogP contribution in [0.2, 0.25) is 0 Å². The maximum Gasteiger partial charge on any atom is 0.219 e. The largest absolute Gasteiger partial charge is 0.473 e. The van der Waals surface area contributed by atoms with Gasteiger partial charge in [0.05, 0.1) is 11.0 Å². The zero-order chi connectivity index (χ0) is 32.0. The number of rotatable bonds is 9. The lowest BCUT2D eigenvalue weighted by molar-refractivity contribution is 0.117. The molecule has 6 rings (SSSR count). The highest BCUT2D eigenvalue weighted by atomic mass is 32.1. The lowest BCUT2D eigenvalue weighted by Gasteiger charge is -2.33. The van der Waals surface area contributed by atoms with Crippen molar-refractivity contribution >= 4 is 22.2 Å². The number of nitrogens with two attached hydrogens (primary N) is 1. The number of aryl methyl sites for hydroxylation is 1. The van der Waals surface area contributed by atoms with Crippen LogP contribution in [0, 0.1) is 11.3 Å². The van der Waals surface area contributed by atoms with Crippen LogP contribution in [-0.2, 0) is 18.3 Å². The van der Waals surface area contributed by atoms with E-state index in [0.717, 1.165) is 79.2 Å². The van der Waals surface area contributed by atoms with Gasteiger partial charge in [-0.3, -0.25) is 4.90 Å². The third kappa shape index (κ3) is 5.79. The quantitative estimate of drug-likeness (QED) is 0.336. The van der Waals surface area contributed by atoms with Gasteiger partial charge in [0.25, 0.3) is 0 Å². The fourth-order valence-electron chi connectivity index (χ4n) is 7.62. The van der Waals surface area contributed by atoms with Crippen LogP contribution in [0.1, 0.15) is 80.2 Å². The first-order valence-corrected chi connectivity index (χ1v) is 17.0. The van der Waals surface area contributed by atoms with Crippen molar-refractivity contribution in [3.63, 3.8) is 0 Å². The molecule has 0 amide bonds. The molecule has 3 aromatic heterocycles.